The van der Waals surface area contributed by atoms with Crippen LogP contribution in [-0.4, -0.2) is 33.8 Å². The molecule has 1 amide bonds. The zero-order valence-electron chi connectivity index (χ0n) is 18.1. The van der Waals surface area contributed by atoms with Crippen LogP contribution in [-0.2, 0) is 6.54 Å². The molecule has 9 heteroatoms. The van der Waals surface area contributed by atoms with Crippen molar-refractivity contribution in [1.29, 1.82) is 0 Å². The van der Waals surface area contributed by atoms with Crippen molar-refractivity contribution in [3.05, 3.63) is 80.7 Å². The van der Waals surface area contributed by atoms with Crippen LogP contribution in [0.4, 0.5) is 5.69 Å². The molecule has 166 valence electrons. The van der Waals surface area contributed by atoms with E-state index in [0.29, 0.717) is 48.2 Å². The molecular formula is C23H24N4O5. The lowest BCUT2D eigenvalue weighted by atomic mass is 10.1. The first kappa shape index (κ1) is 21.4. The van der Waals surface area contributed by atoms with E-state index in [0.717, 1.165) is 11.1 Å². The van der Waals surface area contributed by atoms with Crippen molar-refractivity contribution in [1.82, 2.24) is 15.1 Å². The Morgan fingerprint density at radius 2 is 1.84 bits per heavy atom. The van der Waals surface area contributed by atoms with Crippen LogP contribution in [0.25, 0.3) is 0 Å². The van der Waals surface area contributed by atoms with E-state index in [9.17, 15) is 14.9 Å². The van der Waals surface area contributed by atoms with Gasteiger partial charge < -0.3 is 14.8 Å². The van der Waals surface area contributed by atoms with E-state index in [1.807, 2.05) is 37.3 Å². The predicted molar refractivity (Wildman–Crippen MR) is 117 cm³/mol. The summed E-state index contributed by atoms with van der Waals surface area (Å²) in [7, 11) is 0. The van der Waals surface area contributed by atoms with Crippen LogP contribution in [0, 0.1) is 24.0 Å². The first-order valence-electron chi connectivity index (χ1n) is 10.3. The maximum absolute atomic E-state index is 12.7. The van der Waals surface area contributed by atoms with Crippen LogP contribution < -0.4 is 14.8 Å². The molecule has 1 N–H and O–H groups in total. The summed E-state index contributed by atoms with van der Waals surface area (Å²) in [6.07, 6.45) is 0. The lowest BCUT2D eigenvalue weighted by Gasteiger charge is -2.21. The molecule has 2 heterocycles. The van der Waals surface area contributed by atoms with E-state index in [1.165, 1.54) is 0 Å². The Hall–Kier alpha value is -3.88. The molecule has 3 aromatic rings. The molecule has 0 aliphatic carbocycles. The minimum absolute atomic E-state index is 0.0362. The molecule has 0 radical (unpaired) electrons. The highest BCUT2D eigenvalue weighted by Gasteiger charge is 2.22. The Morgan fingerprint density at radius 1 is 1.16 bits per heavy atom. The molecule has 0 saturated carbocycles. The third-order valence-electron chi connectivity index (χ3n) is 5.49. The van der Waals surface area contributed by atoms with Crippen LogP contribution in [0.1, 0.15) is 45.8 Å². The van der Waals surface area contributed by atoms with E-state index in [1.54, 1.807) is 30.7 Å². The molecule has 1 aliphatic rings. The number of carbonyl (C=O) groups excluding carboxylic acids is 1. The van der Waals surface area contributed by atoms with Gasteiger partial charge in [-0.2, -0.15) is 5.10 Å². The fourth-order valence-corrected chi connectivity index (χ4v) is 3.73. The normalized spacial score (nSPS) is 13.5. The number of amides is 1. The van der Waals surface area contributed by atoms with Crippen LogP contribution in [0.5, 0.6) is 11.5 Å². The van der Waals surface area contributed by atoms with E-state index in [4.69, 9.17) is 9.47 Å². The maximum atomic E-state index is 12.7. The minimum atomic E-state index is -0.412. The second kappa shape index (κ2) is 8.70. The largest absolute Gasteiger partial charge is 0.486 e. The zero-order chi connectivity index (χ0) is 22.8. The van der Waals surface area contributed by atoms with Crippen LogP contribution >= 0.6 is 0 Å². The van der Waals surface area contributed by atoms with Gasteiger partial charge in [-0.1, -0.05) is 18.2 Å². The quantitative estimate of drug-likeness (QED) is 0.466. The minimum Gasteiger partial charge on any atom is -0.486 e. The Bertz CT molecular complexity index is 1170. The SMILES string of the molecule is Cc1nn(Cc2ccc(C(=O)NC(C)c3ccc4c(c3)OCCO4)cc2)c(C)c1[N+](=O)[O-]. The average Bonchev–Trinajstić information content (AvgIpc) is 3.06. The van der Waals surface area contributed by atoms with Crippen LogP contribution in [0.3, 0.4) is 0 Å². The zero-order valence-corrected chi connectivity index (χ0v) is 18.1. The number of rotatable bonds is 6. The second-order valence-electron chi connectivity index (χ2n) is 7.73. The van der Waals surface area contributed by atoms with Gasteiger partial charge in [0.25, 0.3) is 5.91 Å². The summed E-state index contributed by atoms with van der Waals surface area (Å²) in [5.41, 5.74) is 3.26. The highest BCUT2D eigenvalue weighted by atomic mass is 16.6. The van der Waals surface area contributed by atoms with E-state index in [2.05, 4.69) is 10.4 Å². The molecule has 2 aromatic carbocycles. The molecule has 0 fully saturated rings. The van der Waals surface area contributed by atoms with Gasteiger partial charge in [0.05, 0.1) is 17.5 Å². The number of fused-ring (bicyclic) bond motifs is 1. The Kier molecular flexibility index (Phi) is 5.81. The number of hydrogen-bond donors (Lipinski definition) is 1. The average molecular weight is 436 g/mol. The number of nitrogens with one attached hydrogen (secondary N) is 1. The number of aromatic nitrogens is 2. The van der Waals surface area contributed by atoms with Crippen molar-refractivity contribution in [3.63, 3.8) is 0 Å². The Labute approximate surface area is 185 Å². The van der Waals surface area contributed by atoms with Gasteiger partial charge in [-0.3, -0.25) is 19.6 Å². The summed E-state index contributed by atoms with van der Waals surface area (Å²) in [6, 6.07) is 12.6. The maximum Gasteiger partial charge on any atom is 0.312 e. The number of aryl methyl sites for hydroxylation is 1. The summed E-state index contributed by atoms with van der Waals surface area (Å²) in [6.45, 7) is 6.64. The lowest BCUT2D eigenvalue weighted by Crippen LogP contribution is -2.26. The molecule has 1 atom stereocenters. The van der Waals surface area contributed by atoms with Gasteiger partial charge in [-0.05, 0) is 56.2 Å². The van der Waals surface area contributed by atoms with Crippen molar-refractivity contribution in [2.24, 2.45) is 0 Å². The summed E-state index contributed by atoms with van der Waals surface area (Å²) >= 11 is 0. The number of nitrogens with zero attached hydrogens (tertiary/aromatic N) is 3. The van der Waals surface area contributed by atoms with Crippen molar-refractivity contribution in [2.75, 3.05) is 13.2 Å². The molecule has 0 saturated heterocycles. The molecule has 1 unspecified atom stereocenters. The van der Waals surface area contributed by atoms with Gasteiger partial charge in [0.1, 0.15) is 24.6 Å². The predicted octanol–water partition coefficient (Wildman–Crippen LogP) is 3.72. The molecule has 0 bridgehead atoms. The fraction of sp³-hybridized carbons (Fsp3) is 0.304. The standard InChI is InChI=1S/C23H24N4O5/c1-14(19-8-9-20-21(12-19)32-11-10-31-20)24-23(28)18-6-4-17(5-7-18)13-26-16(3)22(27(29)30)15(2)25-26/h4-9,12,14H,10-11,13H2,1-3H3,(H,24,28). The highest BCUT2D eigenvalue weighted by Crippen LogP contribution is 2.32. The molecule has 4 rings (SSSR count). The van der Waals surface area contributed by atoms with Gasteiger partial charge in [0, 0.05) is 5.56 Å². The van der Waals surface area contributed by atoms with Crippen LogP contribution in [0.15, 0.2) is 42.5 Å². The van der Waals surface area contributed by atoms with Gasteiger partial charge in [0.2, 0.25) is 0 Å². The highest BCUT2D eigenvalue weighted by molar-refractivity contribution is 5.94. The molecular weight excluding hydrogens is 412 g/mol. The smallest absolute Gasteiger partial charge is 0.312 e. The van der Waals surface area contributed by atoms with E-state index in [-0.39, 0.29) is 17.6 Å². The number of benzene rings is 2. The van der Waals surface area contributed by atoms with Gasteiger partial charge in [-0.15, -0.1) is 0 Å². The number of nitro groups is 1. The number of hydrogen-bond acceptors (Lipinski definition) is 6. The summed E-state index contributed by atoms with van der Waals surface area (Å²) < 4.78 is 12.8. The Balaban J connectivity index is 1.42. The number of carbonyl (C=O) groups is 1. The first-order valence-corrected chi connectivity index (χ1v) is 10.3. The van der Waals surface area contributed by atoms with Gasteiger partial charge in [-0.25, -0.2) is 0 Å². The van der Waals surface area contributed by atoms with E-state index < -0.39 is 4.92 Å². The van der Waals surface area contributed by atoms with Crippen LogP contribution in [0.2, 0.25) is 0 Å². The van der Waals surface area contributed by atoms with Gasteiger partial charge in [0.15, 0.2) is 11.5 Å². The second-order valence-corrected chi connectivity index (χ2v) is 7.73. The molecule has 0 spiro atoms. The first-order chi connectivity index (χ1) is 15.3. The third kappa shape index (κ3) is 4.27. The summed E-state index contributed by atoms with van der Waals surface area (Å²) in [5.74, 6) is 1.20. The summed E-state index contributed by atoms with van der Waals surface area (Å²) in [5, 5.41) is 18.4. The topological polar surface area (TPSA) is 109 Å². The van der Waals surface area contributed by atoms with Crippen molar-refractivity contribution >= 4 is 11.6 Å². The molecule has 1 aromatic heterocycles. The van der Waals surface area contributed by atoms with Gasteiger partial charge >= 0.3 is 5.69 Å². The van der Waals surface area contributed by atoms with Crippen molar-refractivity contribution < 1.29 is 19.2 Å². The lowest BCUT2D eigenvalue weighted by molar-refractivity contribution is -0.386. The van der Waals surface area contributed by atoms with Crippen molar-refractivity contribution in [3.8, 4) is 11.5 Å². The summed E-state index contributed by atoms with van der Waals surface area (Å²) in [4.78, 5) is 23.5. The third-order valence-corrected chi connectivity index (χ3v) is 5.49. The monoisotopic (exact) mass is 436 g/mol. The fourth-order valence-electron chi connectivity index (χ4n) is 3.73. The molecule has 32 heavy (non-hydrogen) atoms. The van der Waals surface area contributed by atoms with Crippen molar-refractivity contribution in [2.45, 2.75) is 33.4 Å². The molecule has 1 aliphatic heterocycles. The Morgan fingerprint density at radius 3 is 2.50 bits per heavy atom. The molecule has 9 nitrogen and oxygen atoms in total. The van der Waals surface area contributed by atoms with E-state index >= 15 is 0 Å². The number of ether oxygens (including phenoxy) is 2.